The summed E-state index contributed by atoms with van der Waals surface area (Å²) in [7, 11) is -2.83. The van der Waals surface area contributed by atoms with Crippen molar-refractivity contribution in [1.82, 2.24) is 9.97 Å². The number of rotatable bonds is 4. The van der Waals surface area contributed by atoms with Gasteiger partial charge in [0.2, 0.25) is 0 Å². The van der Waals surface area contributed by atoms with Crippen LogP contribution in [0.5, 0.6) is 5.75 Å². The van der Waals surface area contributed by atoms with E-state index in [1.807, 2.05) is 0 Å². The summed E-state index contributed by atoms with van der Waals surface area (Å²) >= 11 is 0. The van der Waals surface area contributed by atoms with E-state index in [9.17, 15) is 13.2 Å². The number of fused-ring (bicyclic) bond motifs is 1. The van der Waals surface area contributed by atoms with Gasteiger partial charge in [0, 0.05) is 0 Å². The van der Waals surface area contributed by atoms with Crippen molar-refractivity contribution in [2.24, 2.45) is 0 Å². The van der Waals surface area contributed by atoms with Gasteiger partial charge in [0.1, 0.15) is 5.75 Å². The van der Waals surface area contributed by atoms with Crippen LogP contribution in [-0.4, -0.2) is 31.5 Å². The fourth-order valence-electron chi connectivity index (χ4n) is 1.99. The largest absolute Gasteiger partial charge is 1.00 e. The number of methoxy groups -OCH3 is 1. The van der Waals surface area contributed by atoms with Gasteiger partial charge in [0.05, 0.1) is 23.7 Å². The summed E-state index contributed by atoms with van der Waals surface area (Å²) in [6.45, 7) is 0. The van der Waals surface area contributed by atoms with Crippen LogP contribution in [0, 0.1) is 0 Å². The number of ether oxygens (including phenoxy) is 1. The molecule has 0 aliphatic heterocycles. The van der Waals surface area contributed by atoms with Crippen LogP contribution >= 0.6 is 0 Å². The monoisotopic (exact) mass is 356 g/mol. The molecule has 0 saturated heterocycles. The first-order chi connectivity index (χ1) is 11.0. The zero-order chi connectivity index (χ0) is 16.4. The van der Waals surface area contributed by atoms with Gasteiger partial charge in [-0.25, -0.2) is 9.78 Å². The van der Waals surface area contributed by atoms with Crippen molar-refractivity contribution in [3.05, 3.63) is 54.1 Å². The van der Waals surface area contributed by atoms with Crippen molar-refractivity contribution in [3.8, 4) is 5.75 Å². The molecule has 1 heterocycles. The number of esters is 1. The standard InChI is InChI=1S/C15H12N2O5S.Na.H/c1-21-14(18)10-7-8-12-13(9-10)17-15(16-12)23(19,20)22-11-5-3-2-4-6-11;;/h2-9H,1H3,(H,16,17);;/q;+1;-1. The molecule has 0 saturated carbocycles. The second-order valence-electron chi connectivity index (χ2n) is 4.62. The summed E-state index contributed by atoms with van der Waals surface area (Å²) in [5.74, 6) is -0.338. The number of carbonyl (C=O) groups is 1. The van der Waals surface area contributed by atoms with E-state index in [1.165, 1.54) is 37.4 Å². The summed E-state index contributed by atoms with van der Waals surface area (Å²) in [5, 5.41) is -0.335. The molecule has 120 valence electrons. The maximum atomic E-state index is 12.2. The maximum Gasteiger partial charge on any atom is 1.00 e. The fraction of sp³-hybridized carbons (Fsp3) is 0.0667. The van der Waals surface area contributed by atoms with E-state index in [0.29, 0.717) is 11.0 Å². The van der Waals surface area contributed by atoms with Crippen LogP contribution in [0.15, 0.2) is 53.7 Å². The number of imidazole rings is 1. The van der Waals surface area contributed by atoms with Crippen molar-refractivity contribution < 1.29 is 53.1 Å². The number of hydrogen-bond donors (Lipinski definition) is 1. The molecule has 0 radical (unpaired) electrons. The average molecular weight is 356 g/mol. The molecule has 0 aliphatic rings. The molecule has 0 atom stereocenters. The third kappa shape index (κ3) is 3.78. The Morgan fingerprint density at radius 3 is 2.54 bits per heavy atom. The predicted octanol–water partition coefficient (Wildman–Crippen LogP) is -0.766. The number of hydrogen-bond acceptors (Lipinski definition) is 6. The van der Waals surface area contributed by atoms with Crippen LogP contribution in [0.1, 0.15) is 11.8 Å². The number of aromatic amines is 1. The van der Waals surface area contributed by atoms with Gasteiger partial charge in [-0.1, -0.05) is 18.2 Å². The summed E-state index contributed by atoms with van der Waals surface area (Å²) in [4.78, 5) is 18.1. The van der Waals surface area contributed by atoms with E-state index in [4.69, 9.17) is 4.18 Å². The van der Waals surface area contributed by atoms with Crippen molar-refractivity contribution >= 4 is 27.1 Å². The van der Waals surface area contributed by atoms with Gasteiger partial charge in [-0.3, -0.25) is 0 Å². The molecule has 0 aliphatic carbocycles. The summed E-state index contributed by atoms with van der Waals surface area (Å²) < 4.78 is 34.1. The maximum absolute atomic E-state index is 12.2. The number of benzene rings is 2. The van der Waals surface area contributed by atoms with Crippen molar-refractivity contribution in [2.75, 3.05) is 7.11 Å². The van der Waals surface area contributed by atoms with Gasteiger partial charge in [-0.15, -0.1) is 0 Å². The topological polar surface area (TPSA) is 98.3 Å². The van der Waals surface area contributed by atoms with E-state index >= 15 is 0 Å². The number of nitrogens with one attached hydrogen (secondary N) is 1. The Kier molecular flexibility index (Phi) is 5.66. The minimum Gasteiger partial charge on any atom is -1.00 e. The van der Waals surface area contributed by atoms with E-state index in [1.54, 1.807) is 18.2 Å². The Morgan fingerprint density at radius 1 is 1.17 bits per heavy atom. The minimum absolute atomic E-state index is 0. The normalized spacial score (nSPS) is 10.9. The number of nitrogens with zero attached hydrogens (tertiary/aromatic N) is 1. The first-order valence-corrected chi connectivity index (χ1v) is 7.98. The molecule has 0 bridgehead atoms. The molecule has 2 aromatic carbocycles. The molecule has 1 N–H and O–H groups in total. The van der Waals surface area contributed by atoms with Crippen LogP contribution in [0.25, 0.3) is 11.0 Å². The molecular weight excluding hydrogens is 343 g/mol. The molecule has 0 spiro atoms. The number of H-pyrrole nitrogens is 1. The summed E-state index contributed by atoms with van der Waals surface area (Å²) in [6, 6.07) is 12.6. The number of para-hydroxylation sites is 1. The van der Waals surface area contributed by atoms with Crippen LogP contribution < -0.4 is 33.7 Å². The van der Waals surface area contributed by atoms with Crippen LogP contribution in [-0.2, 0) is 14.9 Å². The van der Waals surface area contributed by atoms with Gasteiger partial charge < -0.3 is 15.3 Å². The molecule has 1 aromatic heterocycles. The Bertz CT molecular complexity index is 976. The Hall–Kier alpha value is -1.87. The van der Waals surface area contributed by atoms with E-state index in [-0.39, 0.29) is 47.5 Å². The third-order valence-electron chi connectivity index (χ3n) is 3.07. The van der Waals surface area contributed by atoms with Crippen molar-refractivity contribution in [3.63, 3.8) is 0 Å². The SMILES string of the molecule is COC(=O)c1ccc2nc(S(=O)(=O)Oc3ccccc3)[nH]c2c1.[H-].[Na+]. The first-order valence-electron chi connectivity index (χ1n) is 6.57. The van der Waals surface area contributed by atoms with Crippen LogP contribution in [0.3, 0.4) is 0 Å². The second kappa shape index (κ2) is 7.35. The average Bonchev–Trinajstić information content (AvgIpc) is 2.98. The molecule has 9 heteroatoms. The molecule has 0 fully saturated rings. The van der Waals surface area contributed by atoms with E-state index < -0.39 is 16.1 Å². The number of carbonyl (C=O) groups excluding carboxylic acids is 1. The van der Waals surface area contributed by atoms with E-state index in [2.05, 4.69) is 14.7 Å². The molecule has 0 unspecified atom stereocenters. The zero-order valence-corrected chi connectivity index (χ0v) is 15.8. The Balaban J connectivity index is 0.00000156. The van der Waals surface area contributed by atoms with Gasteiger partial charge >= 0.3 is 45.6 Å². The molecule has 3 rings (SSSR count). The van der Waals surface area contributed by atoms with E-state index in [0.717, 1.165) is 0 Å². The minimum atomic E-state index is -4.10. The molecule has 3 aromatic rings. The van der Waals surface area contributed by atoms with Gasteiger partial charge in [-0.2, -0.15) is 8.42 Å². The second-order valence-corrected chi connectivity index (χ2v) is 6.08. The molecule has 7 nitrogen and oxygen atoms in total. The van der Waals surface area contributed by atoms with Crippen LogP contribution in [0.4, 0.5) is 0 Å². The van der Waals surface area contributed by atoms with Crippen molar-refractivity contribution in [1.29, 1.82) is 0 Å². The van der Waals surface area contributed by atoms with Crippen LogP contribution in [0.2, 0.25) is 0 Å². The number of aromatic nitrogens is 2. The molecule has 0 amide bonds. The van der Waals surface area contributed by atoms with Gasteiger partial charge in [-0.05, 0) is 30.3 Å². The third-order valence-corrected chi connectivity index (χ3v) is 4.15. The smallest absolute Gasteiger partial charge is 1.00 e. The molecule has 24 heavy (non-hydrogen) atoms. The Labute approximate surface area is 161 Å². The fourth-order valence-corrected chi connectivity index (χ4v) is 2.88. The summed E-state index contributed by atoms with van der Waals surface area (Å²) in [5.41, 5.74) is 1.08. The molecular formula is C15H13N2NaO5S. The van der Waals surface area contributed by atoms with Gasteiger partial charge in [0.25, 0.3) is 5.16 Å². The zero-order valence-electron chi connectivity index (χ0n) is 14.0. The summed E-state index contributed by atoms with van der Waals surface area (Å²) in [6.07, 6.45) is 0. The first kappa shape index (κ1) is 18.5. The predicted molar refractivity (Wildman–Crippen MR) is 82.8 cm³/mol. The van der Waals surface area contributed by atoms with Crippen molar-refractivity contribution in [2.45, 2.75) is 5.16 Å². The Morgan fingerprint density at radius 2 is 1.88 bits per heavy atom. The quantitative estimate of drug-likeness (QED) is 0.375. The van der Waals surface area contributed by atoms with Gasteiger partial charge in [0.15, 0.2) is 0 Å².